The molecule has 296 valence electrons. The van der Waals surface area contributed by atoms with Crippen molar-refractivity contribution in [3.63, 3.8) is 0 Å². The number of aryl methyl sites for hydroxylation is 3. The molecular weight excluding hydrogens is 767 g/mol. The molecule has 0 saturated heterocycles. The number of rotatable bonds is 8. The summed E-state index contributed by atoms with van der Waals surface area (Å²) in [5, 5.41) is 12.3. The Morgan fingerprint density at radius 3 is 1.56 bits per heavy atom. The van der Waals surface area contributed by atoms with E-state index in [1.165, 1.54) is 59.3 Å². The van der Waals surface area contributed by atoms with Crippen LogP contribution in [0.1, 0.15) is 16.7 Å². The van der Waals surface area contributed by atoms with Gasteiger partial charge in [-0.05, 0) is 105 Å². The van der Waals surface area contributed by atoms with E-state index in [1.807, 2.05) is 0 Å². The number of hydrogen-bond acceptors (Lipinski definition) is 2. The predicted octanol–water partition coefficient (Wildman–Crippen LogP) is 13.3. The summed E-state index contributed by atoms with van der Waals surface area (Å²) in [5.74, 6) is 0. The van der Waals surface area contributed by atoms with E-state index in [0.29, 0.717) is 0 Å². The molecule has 0 radical (unpaired) electrons. The molecule has 10 aromatic carbocycles. The fraction of sp³-hybridized carbons (Fsp3) is 0.0508. The van der Waals surface area contributed by atoms with Crippen molar-refractivity contribution in [2.24, 2.45) is 0 Å². The fourth-order valence-electron chi connectivity index (χ4n) is 9.70. The summed E-state index contributed by atoms with van der Waals surface area (Å²) in [6.07, 6.45) is 0. The maximum absolute atomic E-state index is 6.81. The van der Waals surface area contributed by atoms with Crippen molar-refractivity contribution < 1.29 is 4.42 Å². The minimum atomic E-state index is -2.90. The van der Waals surface area contributed by atoms with Gasteiger partial charge in [0.25, 0.3) is 0 Å². The van der Waals surface area contributed by atoms with E-state index in [9.17, 15) is 0 Å². The van der Waals surface area contributed by atoms with Gasteiger partial charge in [-0.15, -0.1) is 0 Å². The van der Waals surface area contributed by atoms with E-state index in [4.69, 9.17) is 4.42 Å². The topological polar surface area (TPSA) is 16.4 Å². The van der Waals surface area contributed by atoms with Gasteiger partial charge in [0.15, 0.2) is 8.07 Å². The molecule has 0 aliphatic heterocycles. The molecule has 1 aromatic heterocycles. The lowest BCUT2D eigenvalue weighted by atomic mass is 9.97. The van der Waals surface area contributed by atoms with Crippen molar-refractivity contribution in [3.8, 4) is 11.1 Å². The SMILES string of the molecule is Cc1ccc([Si](c2ccc(C)cc2)(c2ccc(C)cc2)c2cccc(N(c3ccc(-c4cccc5ccccc45)cc3)c3cc4ccccc4c4oc5ccccc5c34)c2)cc1. The molecule has 0 N–H and O–H groups in total. The van der Waals surface area contributed by atoms with Crippen LogP contribution in [0.15, 0.2) is 223 Å². The van der Waals surface area contributed by atoms with Crippen LogP contribution in [-0.4, -0.2) is 8.07 Å². The predicted molar refractivity (Wildman–Crippen MR) is 267 cm³/mol. The van der Waals surface area contributed by atoms with E-state index in [0.717, 1.165) is 49.8 Å². The molecule has 11 aromatic rings. The van der Waals surface area contributed by atoms with Crippen molar-refractivity contribution in [3.05, 3.63) is 235 Å². The van der Waals surface area contributed by atoms with Gasteiger partial charge in [0.2, 0.25) is 0 Å². The molecule has 0 unspecified atom stereocenters. The molecule has 0 bridgehead atoms. The first-order chi connectivity index (χ1) is 30.5. The number of para-hydroxylation sites is 1. The van der Waals surface area contributed by atoms with E-state index >= 15 is 0 Å². The van der Waals surface area contributed by atoms with Gasteiger partial charge >= 0.3 is 0 Å². The van der Waals surface area contributed by atoms with Gasteiger partial charge < -0.3 is 9.32 Å². The Morgan fingerprint density at radius 1 is 0.387 bits per heavy atom. The maximum Gasteiger partial charge on any atom is 0.179 e. The standard InChI is InChI=1S/C59H45NOSi/c1-40-22-32-48(33-23-40)62(49-34-24-41(2)25-35-49,50-36-26-42(3)27-37-50)51-16-11-15-47(39-51)60(46-30-28-44(29-31-46)53-20-10-14-43-12-4-6-17-52(43)53)56-38-45-13-5-7-18-54(45)59-58(56)55-19-8-9-21-57(55)61-59/h4-39H,1-3H3. The second-order valence-corrected chi connectivity index (χ2v) is 20.5. The van der Waals surface area contributed by atoms with Gasteiger partial charge in [0.05, 0.1) is 11.1 Å². The Bertz CT molecular complexity index is 3300. The molecular formula is C59H45NOSi. The quantitative estimate of drug-likeness (QED) is 0.112. The summed E-state index contributed by atoms with van der Waals surface area (Å²) in [7, 11) is -2.90. The molecule has 0 fully saturated rings. The van der Waals surface area contributed by atoms with E-state index in [-0.39, 0.29) is 0 Å². The van der Waals surface area contributed by atoms with Gasteiger partial charge in [0, 0.05) is 22.1 Å². The number of hydrogen-bond donors (Lipinski definition) is 0. The molecule has 0 saturated carbocycles. The third kappa shape index (κ3) is 6.24. The lowest BCUT2D eigenvalue weighted by molar-refractivity contribution is 0.672. The van der Waals surface area contributed by atoms with Gasteiger partial charge in [0.1, 0.15) is 11.2 Å². The Morgan fingerprint density at radius 2 is 0.919 bits per heavy atom. The van der Waals surface area contributed by atoms with Crippen LogP contribution in [0, 0.1) is 20.8 Å². The highest BCUT2D eigenvalue weighted by molar-refractivity contribution is 7.20. The second-order valence-electron chi connectivity index (χ2n) is 16.7. The smallest absolute Gasteiger partial charge is 0.179 e. The lowest BCUT2D eigenvalue weighted by Crippen LogP contribution is -2.74. The van der Waals surface area contributed by atoms with Crippen LogP contribution in [0.4, 0.5) is 17.1 Å². The lowest BCUT2D eigenvalue weighted by Gasteiger charge is -2.36. The first kappa shape index (κ1) is 37.5. The van der Waals surface area contributed by atoms with E-state index in [1.54, 1.807) is 0 Å². The molecule has 0 aliphatic rings. The summed E-state index contributed by atoms with van der Waals surface area (Å²) >= 11 is 0. The van der Waals surface area contributed by atoms with Crippen LogP contribution < -0.4 is 25.6 Å². The number of nitrogens with zero attached hydrogens (tertiary/aromatic N) is 1. The number of furan rings is 1. The summed E-state index contributed by atoms with van der Waals surface area (Å²) in [5.41, 5.74) is 11.2. The molecule has 0 aliphatic carbocycles. The second kappa shape index (κ2) is 15.2. The Balaban J connectivity index is 1.20. The Kier molecular flexibility index (Phi) is 9.21. The monoisotopic (exact) mass is 811 g/mol. The average molecular weight is 812 g/mol. The van der Waals surface area contributed by atoms with Crippen LogP contribution >= 0.6 is 0 Å². The molecule has 2 nitrogen and oxygen atoms in total. The molecule has 3 heteroatoms. The molecule has 11 rings (SSSR count). The van der Waals surface area contributed by atoms with Crippen LogP contribution in [0.25, 0.3) is 54.6 Å². The van der Waals surface area contributed by atoms with Crippen molar-refractivity contribution in [1.82, 2.24) is 0 Å². The van der Waals surface area contributed by atoms with Crippen molar-refractivity contribution in [2.45, 2.75) is 20.8 Å². The summed E-state index contributed by atoms with van der Waals surface area (Å²) < 4.78 is 6.81. The van der Waals surface area contributed by atoms with Crippen LogP contribution in [0.2, 0.25) is 0 Å². The normalized spacial score (nSPS) is 11.8. The Hall–Kier alpha value is -7.46. The molecule has 1 heterocycles. The summed E-state index contributed by atoms with van der Waals surface area (Å²) in [6, 6.07) is 81.1. The molecule has 0 amide bonds. The fourth-order valence-corrected chi connectivity index (χ4v) is 14.4. The van der Waals surface area contributed by atoms with Crippen LogP contribution in [0.5, 0.6) is 0 Å². The Labute approximate surface area is 364 Å². The minimum Gasteiger partial charge on any atom is -0.455 e. The van der Waals surface area contributed by atoms with Gasteiger partial charge in [-0.1, -0.05) is 199 Å². The largest absolute Gasteiger partial charge is 0.455 e. The third-order valence-electron chi connectivity index (χ3n) is 12.8. The average Bonchev–Trinajstić information content (AvgIpc) is 3.72. The van der Waals surface area contributed by atoms with Crippen molar-refractivity contribution in [2.75, 3.05) is 4.90 Å². The first-order valence-corrected chi connectivity index (χ1v) is 23.5. The highest BCUT2D eigenvalue weighted by atomic mass is 28.3. The van der Waals surface area contributed by atoms with Crippen LogP contribution in [0.3, 0.4) is 0 Å². The van der Waals surface area contributed by atoms with Crippen molar-refractivity contribution >= 4 is 89.4 Å². The minimum absolute atomic E-state index is 0.879. The summed E-state index contributed by atoms with van der Waals surface area (Å²) in [6.45, 7) is 6.54. The van der Waals surface area contributed by atoms with Gasteiger partial charge in [-0.3, -0.25) is 0 Å². The summed E-state index contributed by atoms with van der Waals surface area (Å²) in [4.78, 5) is 2.46. The van der Waals surface area contributed by atoms with Crippen molar-refractivity contribution in [1.29, 1.82) is 0 Å². The number of anilines is 3. The van der Waals surface area contributed by atoms with Gasteiger partial charge in [-0.2, -0.15) is 0 Å². The number of fused-ring (bicyclic) bond motifs is 6. The first-order valence-electron chi connectivity index (χ1n) is 21.5. The zero-order chi connectivity index (χ0) is 41.8. The maximum atomic E-state index is 6.81. The zero-order valence-corrected chi connectivity index (χ0v) is 36.1. The van der Waals surface area contributed by atoms with E-state index in [2.05, 4.69) is 244 Å². The van der Waals surface area contributed by atoms with E-state index < -0.39 is 8.07 Å². The molecule has 0 atom stereocenters. The molecule has 62 heavy (non-hydrogen) atoms. The van der Waals surface area contributed by atoms with Gasteiger partial charge in [-0.25, -0.2) is 0 Å². The molecule has 0 spiro atoms. The highest BCUT2D eigenvalue weighted by Crippen LogP contribution is 2.46. The highest BCUT2D eigenvalue weighted by Gasteiger charge is 2.42. The van der Waals surface area contributed by atoms with Crippen LogP contribution in [-0.2, 0) is 0 Å². The third-order valence-corrected chi connectivity index (χ3v) is 17.6. The number of benzene rings is 10. The zero-order valence-electron chi connectivity index (χ0n) is 35.1.